The van der Waals surface area contributed by atoms with Gasteiger partial charge in [-0.1, -0.05) is 0 Å². The van der Waals surface area contributed by atoms with E-state index in [1.54, 1.807) is 18.3 Å². The van der Waals surface area contributed by atoms with Crippen LogP contribution < -0.4 is 10.1 Å². The summed E-state index contributed by atoms with van der Waals surface area (Å²) in [6.07, 6.45) is 2.51. The molecule has 1 aromatic heterocycles. The number of pyridine rings is 1. The lowest BCUT2D eigenvalue weighted by molar-refractivity contribution is 0.0933. The van der Waals surface area contributed by atoms with Crippen LogP contribution in [0.4, 0.5) is 0 Å². The van der Waals surface area contributed by atoms with Gasteiger partial charge in [0.05, 0.1) is 7.11 Å². The van der Waals surface area contributed by atoms with Gasteiger partial charge in [-0.15, -0.1) is 0 Å². The molecule has 0 bridgehead atoms. The molecule has 0 aliphatic carbocycles. The Morgan fingerprint density at radius 1 is 1.56 bits per heavy atom. The molecule has 0 radical (unpaired) electrons. The highest BCUT2D eigenvalue weighted by molar-refractivity contribution is 5.96. The lowest BCUT2D eigenvalue weighted by Crippen LogP contribution is -2.35. The molecule has 0 fully saturated rings. The van der Waals surface area contributed by atoms with E-state index in [0.29, 0.717) is 11.4 Å². The highest BCUT2D eigenvalue weighted by Crippen LogP contribution is 2.13. The van der Waals surface area contributed by atoms with Gasteiger partial charge >= 0.3 is 0 Å². The molecule has 1 aromatic rings. The zero-order chi connectivity index (χ0) is 13.5. The van der Waals surface area contributed by atoms with E-state index in [1.807, 2.05) is 21.0 Å². The Hall–Kier alpha value is -1.62. The summed E-state index contributed by atoms with van der Waals surface area (Å²) < 4.78 is 5.07. The fourth-order valence-corrected chi connectivity index (χ4v) is 1.55. The van der Waals surface area contributed by atoms with Crippen molar-refractivity contribution in [3.8, 4) is 5.88 Å². The third-order valence-electron chi connectivity index (χ3n) is 2.60. The SMILES string of the molecule is COc1ncccc1C(=O)NC(C)CCN(C)C. The number of ether oxygens (including phenoxy) is 1. The Morgan fingerprint density at radius 2 is 2.28 bits per heavy atom. The van der Waals surface area contributed by atoms with Gasteiger partial charge in [-0.05, 0) is 46.1 Å². The first-order valence-electron chi connectivity index (χ1n) is 5.99. The smallest absolute Gasteiger partial charge is 0.256 e. The number of hydrogen-bond acceptors (Lipinski definition) is 4. The zero-order valence-electron chi connectivity index (χ0n) is 11.4. The van der Waals surface area contributed by atoms with Crippen molar-refractivity contribution in [2.24, 2.45) is 0 Å². The molecule has 0 aromatic carbocycles. The van der Waals surface area contributed by atoms with Gasteiger partial charge in [0.2, 0.25) is 5.88 Å². The van der Waals surface area contributed by atoms with Crippen LogP contribution in [0, 0.1) is 0 Å². The van der Waals surface area contributed by atoms with Crippen LogP contribution in [0.3, 0.4) is 0 Å². The molecule has 5 heteroatoms. The van der Waals surface area contributed by atoms with Crippen molar-refractivity contribution in [3.63, 3.8) is 0 Å². The molecular weight excluding hydrogens is 230 g/mol. The Bertz CT molecular complexity index is 394. The average molecular weight is 251 g/mol. The van der Waals surface area contributed by atoms with E-state index in [9.17, 15) is 4.79 Å². The lowest BCUT2D eigenvalue weighted by Gasteiger charge is -2.17. The number of methoxy groups -OCH3 is 1. The third kappa shape index (κ3) is 4.33. The molecule has 0 saturated carbocycles. The summed E-state index contributed by atoms with van der Waals surface area (Å²) >= 11 is 0. The number of carbonyl (C=O) groups is 1. The van der Waals surface area contributed by atoms with Gasteiger partial charge < -0.3 is 15.0 Å². The molecule has 1 N–H and O–H groups in total. The largest absolute Gasteiger partial charge is 0.480 e. The van der Waals surface area contributed by atoms with Gasteiger partial charge in [0.25, 0.3) is 5.91 Å². The van der Waals surface area contributed by atoms with Crippen LogP contribution in [0.15, 0.2) is 18.3 Å². The molecule has 1 rings (SSSR count). The predicted molar refractivity (Wildman–Crippen MR) is 70.9 cm³/mol. The van der Waals surface area contributed by atoms with E-state index in [1.165, 1.54) is 7.11 Å². The first-order valence-corrected chi connectivity index (χ1v) is 5.99. The Balaban J connectivity index is 2.59. The number of nitrogens with zero attached hydrogens (tertiary/aromatic N) is 2. The van der Waals surface area contributed by atoms with E-state index in [2.05, 4.69) is 15.2 Å². The van der Waals surface area contributed by atoms with E-state index >= 15 is 0 Å². The first kappa shape index (κ1) is 14.4. The van der Waals surface area contributed by atoms with Crippen molar-refractivity contribution in [2.45, 2.75) is 19.4 Å². The first-order chi connectivity index (χ1) is 8.54. The minimum atomic E-state index is -0.147. The highest BCUT2D eigenvalue weighted by atomic mass is 16.5. The molecule has 100 valence electrons. The van der Waals surface area contributed by atoms with Crippen LogP contribution in [-0.4, -0.2) is 49.6 Å². The zero-order valence-corrected chi connectivity index (χ0v) is 11.4. The van der Waals surface area contributed by atoms with Crippen LogP contribution >= 0.6 is 0 Å². The number of aromatic nitrogens is 1. The molecule has 1 atom stereocenters. The fraction of sp³-hybridized carbons (Fsp3) is 0.538. The minimum absolute atomic E-state index is 0.116. The predicted octanol–water partition coefficient (Wildman–Crippen LogP) is 1.16. The Morgan fingerprint density at radius 3 is 2.89 bits per heavy atom. The van der Waals surface area contributed by atoms with E-state index in [-0.39, 0.29) is 11.9 Å². The molecule has 0 aliphatic rings. The summed E-state index contributed by atoms with van der Waals surface area (Å²) in [5.74, 6) is 0.209. The summed E-state index contributed by atoms with van der Waals surface area (Å²) in [5.41, 5.74) is 0.469. The maximum absolute atomic E-state index is 12.0. The van der Waals surface area contributed by atoms with Crippen molar-refractivity contribution < 1.29 is 9.53 Å². The van der Waals surface area contributed by atoms with Gasteiger partial charge in [0.1, 0.15) is 5.56 Å². The molecule has 1 heterocycles. The maximum atomic E-state index is 12.0. The maximum Gasteiger partial charge on any atom is 0.256 e. The van der Waals surface area contributed by atoms with Gasteiger partial charge in [0.15, 0.2) is 0 Å². The van der Waals surface area contributed by atoms with Gasteiger partial charge in [0, 0.05) is 12.2 Å². The van der Waals surface area contributed by atoms with Crippen LogP contribution in [0.5, 0.6) is 5.88 Å². The third-order valence-corrected chi connectivity index (χ3v) is 2.60. The summed E-state index contributed by atoms with van der Waals surface area (Å²) in [6.45, 7) is 2.93. The van der Waals surface area contributed by atoms with Crippen molar-refractivity contribution >= 4 is 5.91 Å². The monoisotopic (exact) mass is 251 g/mol. The normalized spacial score (nSPS) is 12.3. The summed E-state index contributed by atoms with van der Waals surface area (Å²) in [5, 5.41) is 2.94. The summed E-state index contributed by atoms with van der Waals surface area (Å²) in [6, 6.07) is 3.55. The number of carbonyl (C=O) groups excluding carboxylic acids is 1. The van der Waals surface area contributed by atoms with E-state index in [4.69, 9.17) is 4.74 Å². The van der Waals surface area contributed by atoms with Crippen molar-refractivity contribution in [1.82, 2.24) is 15.2 Å². The van der Waals surface area contributed by atoms with Gasteiger partial charge in [-0.3, -0.25) is 4.79 Å². The Kier molecular flexibility index (Phi) is 5.58. The number of hydrogen-bond donors (Lipinski definition) is 1. The standard InChI is InChI=1S/C13H21N3O2/c1-10(7-9-16(2)3)15-12(17)11-6-5-8-14-13(11)18-4/h5-6,8,10H,7,9H2,1-4H3,(H,15,17). The van der Waals surface area contributed by atoms with Crippen LogP contribution in [0.1, 0.15) is 23.7 Å². The second kappa shape index (κ2) is 6.96. The number of nitrogens with one attached hydrogen (secondary N) is 1. The second-order valence-corrected chi connectivity index (χ2v) is 4.53. The molecular formula is C13H21N3O2. The van der Waals surface area contributed by atoms with Crippen molar-refractivity contribution in [1.29, 1.82) is 0 Å². The van der Waals surface area contributed by atoms with Crippen molar-refractivity contribution in [2.75, 3.05) is 27.7 Å². The molecule has 5 nitrogen and oxygen atoms in total. The molecule has 0 spiro atoms. The van der Waals surface area contributed by atoms with E-state index in [0.717, 1.165) is 13.0 Å². The fourth-order valence-electron chi connectivity index (χ4n) is 1.55. The van der Waals surface area contributed by atoms with E-state index < -0.39 is 0 Å². The topological polar surface area (TPSA) is 54.5 Å². The van der Waals surface area contributed by atoms with Crippen LogP contribution in [0.25, 0.3) is 0 Å². The number of rotatable bonds is 6. The molecule has 0 saturated heterocycles. The highest BCUT2D eigenvalue weighted by Gasteiger charge is 2.14. The van der Waals surface area contributed by atoms with Crippen LogP contribution in [-0.2, 0) is 0 Å². The van der Waals surface area contributed by atoms with Gasteiger partial charge in [-0.25, -0.2) is 4.98 Å². The molecule has 1 unspecified atom stereocenters. The quantitative estimate of drug-likeness (QED) is 0.824. The molecule has 0 aliphatic heterocycles. The van der Waals surface area contributed by atoms with Crippen molar-refractivity contribution in [3.05, 3.63) is 23.9 Å². The molecule has 18 heavy (non-hydrogen) atoms. The molecule has 1 amide bonds. The van der Waals surface area contributed by atoms with Crippen LogP contribution in [0.2, 0.25) is 0 Å². The minimum Gasteiger partial charge on any atom is -0.480 e. The second-order valence-electron chi connectivity index (χ2n) is 4.53. The summed E-state index contributed by atoms with van der Waals surface area (Å²) in [7, 11) is 5.53. The Labute approximate surface area is 108 Å². The summed E-state index contributed by atoms with van der Waals surface area (Å²) in [4.78, 5) is 18.1. The lowest BCUT2D eigenvalue weighted by atomic mass is 10.2. The average Bonchev–Trinajstić information content (AvgIpc) is 2.36. The number of amides is 1. The van der Waals surface area contributed by atoms with Gasteiger partial charge in [-0.2, -0.15) is 0 Å².